The molecule has 1 fully saturated rings. The molecular formula is C14H20ClFN2O2S. The fraction of sp³-hybridized carbons (Fsp3) is 0.571. The van der Waals surface area contributed by atoms with Gasteiger partial charge >= 0.3 is 0 Å². The number of nitrogens with one attached hydrogen (secondary N) is 2. The Kier molecular flexibility index (Phi) is 4.92. The Morgan fingerprint density at radius 3 is 2.62 bits per heavy atom. The molecule has 0 aromatic heterocycles. The quantitative estimate of drug-likeness (QED) is 0.754. The third kappa shape index (κ3) is 4.16. The zero-order valence-corrected chi connectivity index (χ0v) is 13.7. The van der Waals surface area contributed by atoms with Crippen LogP contribution >= 0.6 is 11.6 Å². The lowest BCUT2D eigenvalue weighted by atomic mass is 10.2. The maximum atomic E-state index is 13.9. The molecule has 1 aliphatic rings. The molecular weight excluding hydrogens is 315 g/mol. The number of benzene rings is 1. The zero-order valence-electron chi connectivity index (χ0n) is 12.2. The molecule has 2 rings (SSSR count). The van der Waals surface area contributed by atoms with Crippen LogP contribution in [0.25, 0.3) is 0 Å². The summed E-state index contributed by atoms with van der Waals surface area (Å²) in [5, 5.41) is 3.06. The molecule has 21 heavy (non-hydrogen) atoms. The molecule has 118 valence electrons. The summed E-state index contributed by atoms with van der Waals surface area (Å²) in [6.07, 6.45) is 2.53. The zero-order chi connectivity index (χ0) is 15.7. The third-order valence-electron chi connectivity index (χ3n) is 3.51. The predicted octanol–water partition coefficient (Wildman–Crippen LogP) is 2.81. The van der Waals surface area contributed by atoms with Gasteiger partial charge in [-0.3, -0.25) is 0 Å². The van der Waals surface area contributed by atoms with Gasteiger partial charge in [-0.2, -0.15) is 0 Å². The summed E-state index contributed by atoms with van der Waals surface area (Å²) in [6, 6.07) is 2.40. The molecule has 2 N–H and O–H groups in total. The van der Waals surface area contributed by atoms with Gasteiger partial charge in [0.25, 0.3) is 0 Å². The maximum absolute atomic E-state index is 13.9. The van der Waals surface area contributed by atoms with E-state index >= 15 is 0 Å². The standard InChI is InChI=1S/C14H20ClFN2O2S/c1-3-6-17-9-10-7-11(8-12(16)13(10)15)21(19,20)18-14(2)4-5-14/h7-8,17-18H,3-6,9H2,1-2H3. The van der Waals surface area contributed by atoms with Crippen molar-refractivity contribution in [2.75, 3.05) is 6.54 Å². The Morgan fingerprint density at radius 2 is 2.05 bits per heavy atom. The Hall–Kier alpha value is -0.690. The fourth-order valence-electron chi connectivity index (χ4n) is 1.97. The van der Waals surface area contributed by atoms with Gasteiger partial charge in [0, 0.05) is 12.1 Å². The van der Waals surface area contributed by atoms with Crippen molar-refractivity contribution in [2.45, 2.75) is 50.1 Å². The van der Waals surface area contributed by atoms with Crippen LogP contribution in [0.15, 0.2) is 17.0 Å². The van der Waals surface area contributed by atoms with Crippen LogP contribution in [0, 0.1) is 5.82 Å². The van der Waals surface area contributed by atoms with Crippen LogP contribution in [0.1, 0.15) is 38.7 Å². The van der Waals surface area contributed by atoms with Crippen molar-refractivity contribution in [1.82, 2.24) is 10.0 Å². The lowest BCUT2D eigenvalue weighted by Crippen LogP contribution is -2.34. The van der Waals surface area contributed by atoms with Gasteiger partial charge in [-0.1, -0.05) is 18.5 Å². The summed E-state index contributed by atoms with van der Waals surface area (Å²) in [5.74, 6) is -0.714. The average molecular weight is 335 g/mol. The smallest absolute Gasteiger partial charge is 0.241 e. The van der Waals surface area contributed by atoms with E-state index in [1.54, 1.807) is 0 Å². The van der Waals surface area contributed by atoms with Crippen molar-refractivity contribution >= 4 is 21.6 Å². The van der Waals surface area contributed by atoms with Crippen LogP contribution in [-0.4, -0.2) is 20.5 Å². The molecule has 4 nitrogen and oxygen atoms in total. The first-order valence-corrected chi connectivity index (χ1v) is 8.86. The maximum Gasteiger partial charge on any atom is 0.241 e. The van der Waals surface area contributed by atoms with Crippen LogP contribution in [0.4, 0.5) is 4.39 Å². The van der Waals surface area contributed by atoms with E-state index in [-0.39, 0.29) is 9.92 Å². The van der Waals surface area contributed by atoms with Gasteiger partial charge in [-0.25, -0.2) is 17.5 Å². The monoisotopic (exact) mass is 334 g/mol. The van der Waals surface area contributed by atoms with Crippen molar-refractivity contribution in [3.8, 4) is 0 Å². The van der Waals surface area contributed by atoms with E-state index in [2.05, 4.69) is 10.0 Å². The van der Waals surface area contributed by atoms with Gasteiger partial charge in [0.15, 0.2) is 0 Å². The first kappa shape index (κ1) is 16.7. The van der Waals surface area contributed by atoms with Crippen LogP contribution in [-0.2, 0) is 16.6 Å². The second-order valence-electron chi connectivity index (χ2n) is 5.72. The number of rotatable bonds is 7. The normalized spacial score (nSPS) is 17.0. The Balaban J connectivity index is 2.27. The Morgan fingerprint density at radius 1 is 1.38 bits per heavy atom. The highest BCUT2D eigenvalue weighted by Gasteiger charge is 2.41. The van der Waals surface area contributed by atoms with E-state index in [0.717, 1.165) is 31.9 Å². The summed E-state index contributed by atoms with van der Waals surface area (Å²) in [4.78, 5) is -0.0779. The van der Waals surface area contributed by atoms with Gasteiger partial charge < -0.3 is 5.32 Å². The second kappa shape index (κ2) is 6.20. The SMILES string of the molecule is CCCNCc1cc(S(=O)(=O)NC2(C)CC2)cc(F)c1Cl. The van der Waals surface area contributed by atoms with Crippen molar-refractivity contribution in [3.63, 3.8) is 0 Å². The topological polar surface area (TPSA) is 58.2 Å². The molecule has 0 radical (unpaired) electrons. The average Bonchev–Trinajstić information content (AvgIpc) is 3.10. The molecule has 1 aromatic carbocycles. The lowest BCUT2D eigenvalue weighted by molar-refractivity contribution is 0.554. The lowest BCUT2D eigenvalue weighted by Gasteiger charge is -2.14. The number of hydrogen-bond donors (Lipinski definition) is 2. The summed E-state index contributed by atoms with van der Waals surface area (Å²) in [6.45, 7) is 4.94. The fourth-order valence-corrected chi connectivity index (χ4v) is 3.68. The predicted molar refractivity (Wildman–Crippen MR) is 81.4 cm³/mol. The summed E-state index contributed by atoms with van der Waals surface area (Å²) < 4.78 is 41.1. The van der Waals surface area contributed by atoms with E-state index in [1.807, 2.05) is 13.8 Å². The molecule has 0 atom stereocenters. The Bertz CT molecular complexity index is 630. The first-order chi connectivity index (χ1) is 9.77. The highest BCUT2D eigenvalue weighted by atomic mass is 35.5. The van der Waals surface area contributed by atoms with Crippen molar-refractivity contribution < 1.29 is 12.8 Å². The van der Waals surface area contributed by atoms with Gasteiger partial charge in [0.2, 0.25) is 10.0 Å². The number of sulfonamides is 1. The summed E-state index contributed by atoms with van der Waals surface area (Å²) in [5.41, 5.74) is 0.0571. The number of halogens is 2. The van der Waals surface area contributed by atoms with E-state index in [9.17, 15) is 12.8 Å². The number of hydrogen-bond acceptors (Lipinski definition) is 3. The van der Waals surface area contributed by atoms with Crippen LogP contribution in [0.5, 0.6) is 0 Å². The van der Waals surface area contributed by atoms with Crippen LogP contribution in [0.2, 0.25) is 5.02 Å². The van der Waals surface area contributed by atoms with Gasteiger partial charge in [-0.15, -0.1) is 0 Å². The highest BCUT2D eigenvalue weighted by Crippen LogP contribution is 2.36. The summed E-state index contributed by atoms with van der Waals surface area (Å²) >= 11 is 5.91. The molecule has 0 bridgehead atoms. The summed E-state index contributed by atoms with van der Waals surface area (Å²) in [7, 11) is -3.72. The van der Waals surface area contributed by atoms with E-state index < -0.39 is 21.4 Å². The van der Waals surface area contributed by atoms with Crippen LogP contribution in [0.3, 0.4) is 0 Å². The van der Waals surface area contributed by atoms with Crippen LogP contribution < -0.4 is 10.0 Å². The second-order valence-corrected chi connectivity index (χ2v) is 7.78. The molecule has 0 heterocycles. The van der Waals surface area contributed by atoms with E-state index in [4.69, 9.17) is 11.6 Å². The van der Waals surface area contributed by atoms with Crippen molar-refractivity contribution in [1.29, 1.82) is 0 Å². The minimum atomic E-state index is -3.72. The highest BCUT2D eigenvalue weighted by molar-refractivity contribution is 7.89. The first-order valence-electron chi connectivity index (χ1n) is 7.00. The molecule has 0 saturated heterocycles. The molecule has 0 unspecified atom stereocenters. The van der Waals surface area contributed by atoms with E-state index in [0.29, 0.717) is 12.1 Å². The molecule has 1 aliphatic carbocycles. The largest absolute Gasteiger partial charge is 0.313 e. The molecule has 7 heteroatoms. The molecule has 1 saturated carbocycles. The molecule has 0 aliphatic heterocycles. The minimum Gasteiger partial charge on any atom is -0.313 e. The molecule has 1 aromatic rings. The minimum absolute atomic E-state index is 0.0322. The van der Waals surface area contributed by atoms with Gasteiger partial charge in [0.05, 0.1) is 9.92 Å². The van der Waals surface area contributed by atoms with Crippen molar-refractivity contribution in [2.24, 2.45) is 0 Å². The Labute approximate surface area is 130 Å². The van der Waals surface area contributed by atoms with Gasteiger partial charge in [-0.05, 0) is 50.4 Å². The van der Waals surface area contributed by atoms with E-state index in [1.165, 1.54) is 6.07 Å². The molecule has 0 amide bonds. The third-order valence-corrected chi connectivity index (χ3v) is 5.55. The van der Waals surface area contributed by atoms with Crippen molar-refractivity contribution in [3.05, 3.63) is 28.5 Å². The molecule has 0 spiro atoms. The van der Waals surface area contributed by atoms with Gasteiger partial charge in [0.1, 0.15) is 5.82 Å².